The Kier molecular flexibility index (Phi) is 6.10. The quantitative estimate of drug-likeness (QED) is 0.509. The summed E-state index contributed by atoms with van der Waals surface area (Å²) in [7, 11) is 3.74. The molecule has 7 rings (SSSR count). The summed E-state index contributed by atoms with van der Waals surface area (Å²) in [5, 5.41) is 15.0. The van der Waals surface area contributed by atoms with Crippen molar-refractivity contribution < 1.29 is 9.90 Å². The summed E-state index contributed by atoms with van der Waals surface area (Å²) in [5.41, 5.74) is 2.52. The molecular weight excluding hydrogens is 456 g/mol. The Balaban J connectivity index is 1.27. The second kappa shape index (κ2) is 9.42. The first-order valence-electron chi connectivity index (χ1n) is 13.0. The van der Waals surface area contributed by atoms with Crippen molar-refractivity contribution in [1.29, 1.82) is 0 Å². The van der Waals surface area contributed by atoms with Crippen molar-refractivity contribution in [3.05, 3.63) is 36.3 Å². The molecule has 2 bridgehead atoms. The standard InChI is InChI=1S/C26H34N8O2/c1-31(2)25(36)21-13-17-14-28-26(30-24(17)34(21)18-5-3-4-6-18)29-22-8-7-20(15-27-22)33-19-9-11-32(12-10-19)16-23(33)35/h7-8,13-15,18-19,25,36H,3-6,9-12,16H2,1-2H3,(H,27,28,29,30). The maximum Gasteiger partial charge on any atom is 0.241 e. The molecule has 3 aliphatic heterocycles. The number of carbonyl (C=O) groups is 1. The normalized spacial score (nSPS) is 23.6. The fraction of sp³-hybridized carbons (Fsp3) is 0.538. The van der Waals surface area contributed by atoms with Crippen molar-refractivity contribution in [3.8, 4) is 0 Å². The number of pyridine rings is 1. The number of carbonyl (C=O) groups excluding carboxylic acids is 1. The molecule has 1 unspecified atom stereocenters. The molecular formula is C26H34N8O2. The Bertz CT molecular complexity index is 1240. The van der Waals surface area contributed by atoms with Gasteiger partial charge < -0.3 is 19.9 Å². The number of hydrogen-bond donors (Lipinski definition) is 2. The van der Waals surface area contributed by atoms with E-state index in [1.54, 1.807) is 17.3 Å². The Hall–Kier alpha value is -3.08. The van der Waals surface area contributed by atoms with Crippen molar-refractivity contribution in [2.45, 2.75) is 56.8 Å². The lowest BCUT2D eigenvalue weighted by atomic mass is 10.0. The first kappa shape index (κ1) is 23.3. The number of hydrogen-bond acceptors (Lipinski definition) is 8. The van der Waals surface area contributed by atoms with Gasteiger partial charge in [-0.25, -0.2) is 9.97 Å². The summed E-state index contributed by atoms with van der Waals surface area (Å²) in [6, 6.07) is 6.40. The number of fused-ring (bicyclic) bond motifs is 5. The second-order valence-corrected chi connectivity index (χ2v) is 10.5. The predicted octanol–water partition coefficient (Wildman–Crippen LogP) is 3.05. The van der Waals surface area contributed by atoms with Crippen molar-refractivity contribution in [2.24, 2.45) is 0 Å². The minimum absolute atomic E-state index is 0.148. The maximum atomic E-state index is 12.8. The number of aromatic nitrogens is 4. The lowest BCUT2D eigenvalue weighted by molar-refractivity contribution is -0.118. The van der Waals surface area contributed by atoms with Gasteiger partial charge in [0.1, 0.15) is 17.7 Å². The highest BCUT2D eigenvalue weighted by Gasteiger charge is 2.34. The molecule has 4 fully saturated rings. The van der Waals surface area contributed by atoms with Gasteiger partial charge in [0.2, 0.25) is 11.9 Å². The number of aliphatic hydroxyl groups is 1. The number of rotatable bonds is 6. The molecule has 2 N–H and O–H groups in total. The molecule has 36 heavy (non-hydrogen) atoms. The van der Waals surface area contributed by atoms with Crippen LogP contribution >= 0.6 is 0 Å². The maximum absolute atomic E-state index is 12.8. The molecule has 6 heterocycles. The van der Waals surface area contributed by atoms with E-state index in [1.807, 2.05) is 37.2 Å². The molecule has 1 saturated carbocycles. The Morgan fingerprint density at radius 3 is 2.53 bits per heavy atom. The van der Waals surface area contributed by atoms with Gasteiger partial charge in [-0.05, 0) is 58.0 Å². The highest BCUT2D eigenvalue weighted by atomic mass is 16.3. The van der Waals surface area contributed by atoms with Gasteiger partial charge in [0, 0.05) is 36.8 Å². The third-order valence-electron chi connectivity index (χ3n) is 7.86. The predicted molar refractivity (Wildman–Crippen MR) is 138 cm³/mol. The molecule has 3 aromatic rings. The van der Waals surface area contributed by atoms with Crippen LogP contribution in [0.2, 0.25) is 0 Å². The van der Waals surface area contributed by atoms with Crippen LogP contribution in [-0.2, 0) is 4.79 Å². The second-order valence-electron chi connectivity index (χ2n) is 10.5. The molecule has 0 aromatic carbocycles. The van der Waals surface area contributed by atoms with Gasteiger partial charge in [-0.3, -0.25) is 14.6 Å². The van der Waals surface area contributed by atoms with Crippen molar-refractivity contribution in [3.63, 3.8) is 0 Å². The number of piperidine rings is 1. The monoisotopic (exact) mass is 490 g/mol. The van der Waals surface area contributed by atoms with E-state index < -0.39 is 6.23 Å². The molecule has 10 nitrogen and oxygen atoms in total. The number of amides is 1. The molecule has 0 radical (unpaired) electrons. The zero-order valence-electron chi connectivity index (χ0n) is 21.0. The van der Waals surface area contributed by atoms with Crippen LogP contribution in [0.5, 0.6) is 0 Å². The number of nitrogens with zero attached hydrogens (tertiary/aromatic N) is 7. The molecule has 10 heteroatoms. The summed E-state index contributed by atoms with van der Waals surface area (Å²) in [6.07, 6.45) is 9.41. The van der Waals surface area contributed by atoms with Gasteiger partial charge in [-0.2, -0.15) is 4.98 Å². The first-order valence-corrected chi connectivity index (χ1v) is 13.0. The Morgan fingerprint density at radius 2 is 1.83 bits per heavy atom. The molecule has 3 saturated heterocycles. The average molecular weight is 491 g/mol. The molecule has 3 aromatic heterocycles. The molecule has 0 spiro atoms. The summed E-state index contributed by atoms with van der Waals surface area (Å²) >= 11 is 0. The SMILES string of the molecule is CN(C)C(O)c1cc2cnc(Nc3ccc(N4C(=O)CN5CCC4CC5)cn3)nc2n1C1CCCC1. The first-order chi connectivity index (χ1) is 17.5. The van der Waals surface area contributed by atoms with E-state index >= 15 is 0 Å². The number of nitrogens with one attached hydrogen (secondary N) is 1. The van der Waals surface area contributed by atoms with E-state index in [0.29, 0.717) is 24.4 Å². The van der Waals surface area contributed by atoms with Crippen molar-refractivity contribution in [2.75, 3.05) is 43.9 Å². The molecule has 4 aliphatic rings. The fourth-order valence-corrected chi connectivity index (χ4v) is 5.98. The number of aliphatic hydroxyl groups excluding tert-OH is 1. The van der Waals surface area contributed by atoms with Gasteiger partial charge in [0.15, 0.2) is 0 Å². The van der Waals surface area contributed by atoms with Gasteiger partial charge in [-0.1, -0.05) is 12.8 Å². The van der Waals surface area contributed by atoms with E-state index in [1.165, 1.54) is 12.8 Å². The van der Waals surface area contributed by atoms with E-state index in [0.717, 1.165) is 61.2 Å². The van der Waals surface area contributed by atoms with Gasteiger partial charge in [0.25, 0.3) is 0 Å². The van der Waals surface area contributed by atoms with Crippen LogP contribution in [0.25, 0.3) is 11.0 Å². The van der Waals surface area contributed by atoms with Crippen LogP contribution in [0.15, 0.2) is 30.6 Å². The molecule has 190 valence electrons. The van der Waals surface area contributed by atoms with Crippen LogP contribution in [0.4, 0.5) is 17.5 Å². The minimum atomic E-state index is -0.709. The van der Waals surface area contributed by atoms with Gasteiger partial charge >= 0.3 is 0 Å². The summed E-state index contributed by atoms with van der Waals surface area (Å²) in [6.45, 7) is 2.45. The van der Waals surface area contributed by atoms with Crippen LogP contribution < -0.4 is 10.2 Å². The molecule has 1 aliphatic carbocycles. The lowest BCUT2D eigenvalue weighted by Crippen LogP contribution is -2.40. The lowest BCUT2D eigenvalue weighted by Gasteiger charge is -2.31. The van der Waals surface area contributed by atoms with Crippen LogP contribution in [-0.4, -0.2) is 80.1 Å². The summed E-state index contributed by atoms with van der Waals surface area (Å²) in [5.74, 6) is 1.24. The largest absolute Gasteiger partial charge is 0.373 e. The molecule has 1 atom stereocenters. The van der Waals surface area contributed by atoms with Crippen molar-refractivity contribution >= 4 is 34.4 Å². The van der Waals surface area contributed by atoms with Gasteiger partial charge in [-0.15, -0.1) is 0 Å². The fourth-order valence-electron chi connectivity index (χ4n) is 5.98. The van der Waals surface area contributed by atoms with E-state index in [9.17, 15) is 9.90 Å². The summed E-state index contributed by atoms with van der Waals surface area (Å²) in [4.78, 5) is 32.7. The van der Waals surface area contributed by atoms with Crippen LogP contribution in [0.3, 0.4) is 0 Å². The number of anilines is 3. The van der Waals surface area contributed by atoms with E-state index in [-0.39, 0.29) is 11.9 Å². The minimum Gasteiger partial charge on any atom is -0.373 e. The zero-order chi connectivity index (χ0) is 24.8. The smallest absolute Gasteiger partial charge is 0.241 e. The van der Waals surface area contributed by atoms with Gasteiger partial charge in [0.05, 0.1) is 24.1 Å². The molecule has 1 amide bonds. The van der Waals surface area contributed by atoms with Crippen molar-refractivity contribution in [1.82, 2.24) is 29.3 Å². The topological polar surface area (TPSA) is 103 Å². The third-order valence-corrected chi connectivity index (χ3v) is 7.86. The Labute approximate surface area is 210 Å². The van der Waals surface area contributed by atoms with E-state index in [2.05, 4.69) is 24.8 Å². The van der Waals surface area contributed by atoms with E-state index in [4.69, 9.17) is 4.98 Å². The Morgan fingerprint density at radius 1 is 1.06 bits per heavy atom. The zero-order valence-corrected chi connectivity index (χ0v) is 21.0. The highest BCUT2D eigenvalue weighted by Crippen LogP contribution is 2.37. The van der Waals surface area contributed by atoms with Crippen LogP contribution in [0, 0.1) is 0 Å². The average Bonchev–Trinajstić information content (AvgIpc) is 3.46. The highest BCUT2D eigenvalue weighted by molar-refractivity contribution is 5.96. The summed E-state index contributed by atoms with van der Waals surface area (Å²) < 4.78 is 2.20. The van der Waals surface area contributed by atoms with Crippen LogP contribution in [0.1, 0.15) is 56.5 Å². The third kappa shape index (κ3) is 4.23.